The van der Waals surface area contributed by atoms with Crippen LogP contribution in [-0.4, -0.2) is 16.5 Å². The SMILES string of the molecule is CC1(C)[C@@H]2C[C@H]1C(=O)[C@@](C)(O)C2. The largest absolute Gasteiger partial charge is 0.382 e. The normalized spacial score (nSPS) is 50.2. The third-order valence-electron chi connectivity index (χ3n) is 3.96. The molecule has 0 aromatic rings. The summed E-state index contributed by atoms with van der Waals surface area (Å²) in [5.41, 5.74) is -0.873. The fraction of sp³-hybridized carbons (Fsp3) is 0.900. The van der Waals surface area contributed by atoms with Crippen LogP contribution in [0.1, 0.15) is 33.6 Å². The molecule has 12 heavy (non-hydrogen) atoms. The number of carbonyl (C=O) groups is 1. The molecule has 0 heterocycles. The van der Waals surface area contributed by atoms with Gasteiger partial charge in [-0.15, -0.1) is 0 Å². The first kappa shape index (κ1) is 8.24. The first-order valence-corrected chi connectivity index (χ1v) is 4.62. The van der Waals surface area contributed by atoms with Crippen molar-refractivity contribution in [2.75, 3.05) is 0 Å². The molecule has 3 saturated carbocycles. The van der Waals surface area contributed by atoms with E-state index in [1.807, 2.05) is 0 Å². The molecule has 3 atom stereocenters. The number of hydrogen-bond donors (Lipinski definition) is 1. The summed E-state index contributed by atoms with van der Waals surface area (Å²) in [5.74, 6) is 0.733. The zero-order valence-electron chi connectivity index (χ0n) is 7.92. The van der Waals surface area contributed by atoms with Crippen LogP contribution in [0.2, 0.25) is 0 Å². The van der Waals surface area contributed by atoms with Gasteiger partial charge in [0.2, 0.25) is 0 Å². The minimum Gasteiger partial charge on any atom is -0.382 e. The van der Waals surface area contributed by atoms with Gasteiger partial charge in [0.15, 0.2) is 5.78 Å². The minimum atomic E-state index is -1.02. The number of carbonyl (C=O) groups excluding carboxylic acids is 1. The Kier molecular flexibility index (Phi) is 1.32. The van der Waals surface area contributed by atoms with Gasteiger partial charge in [0.25, 0.3) is 0 Å². The molecule has 3 fully saturated rings. The van der Waals surface area contributed by atoms with E-state index in [0.717, 1.165) is 6.42 Å². The molecule has 2 nitrogen and oxygen atoms in total. The highest BCUT2D eigenvalue weighted by Crippen LogP contribution is 2.59. The van der Waals surface area contributed by atoms with E-state index in [1.54, 1.807) is 6.92 Å². The summed E-state index contributed by atoms with van der Waals surface area (Å²) in [6, 6.07) is 0. The van der Waals surface area contributed by atoms with Crippen LogP contribution in [0.15, 0.2) is 0 Å². The summed E-state index contributed by atoms with van der Waals surface area (Å²) in [7, 11) is 0. The quantitative estimate of drug-likeness (QED) is 0.593. The predicted molar refractivity (Wildman–Crippen MR) is 45.6 cm³/mol. The highest BCUT2D eigenvalue weighted by molar-refractivity contribution is 5.91. The lowest BCUT2D eigenvalue weighted by atomic mass is 9.45. The molecule has 0 amide bonds. The lowest BCUT2D eigenvalue weighted by Crippen LogP contribution is -2.62. The maximum Gasteiger partial charge on any atom is 0.167 e. The molecule has 2 bridgehead atoms. The van der Waals surface area contributed by atoms with Gasteiger partial charge in [0, 0.05) is 5.92 Å². The summed E-state index contributed by atoms with van der Waals surface area (Å²) < 4.78 is 0. The molecule has 3 aliphatic carbocycles. The van der Waals surface area contributed by atoms with Gasteiger partial charge in [-0.3, -0.25) is 4.79 Å². The zero-order chi connectivity index (χ0) is 9.15. The van der Waals surface area contributed by atoms with E-state index < -0.39 is 5.60 Å². The van der Waals surface area contributed by atoms with Crippen molar-refractivity contribution >= 4 is 5.78 Å². The van der Waals surface area contributed by atoms with Crippen LogP contribution in [0.25, 0.3) is 0 Å². The third-order valence-corrected chi connectivity index (χ3v) is 3.96. The maximum atomic E-state index is 11.7. The van der Waals surface area contributed by atoms with Gasteiger partial charge in [0.05, 0.1) is 0 Å². The van der Waals surface area contributed by atoms with E-state index in [0.29, 0.717) is 12.3 Å². The number of fused-ring (bicyclic) bond motifs is 2. The first-order valence-electron chi connectivity index (χ1n) is 4.62. The highest BCUT2D eigenvalue weighted by Gasteiger charge is 2.61. The standard InChI is InChI=1S/C10H16O2/c1-9(2)6-4-7(9)8(11)10(3,12)5-6/h6-7,12H,4-5H2,1-3H3/t6-,7+,10+/m1/s1. The predicted octanol–water partition coefficient (Wildman–Crippen LogP) is 1.37. The molecule has 0 radical (unpaired) electrons. The number of rotatable bonds is 0. The van der Waals surface area contributed by atoms with Crippen molar-refractivity contribution in [3.05, 3.63) is 0 Å². The molecule has 3 aliphatic rings. The number of aliphatic hydroxyl groups is 1. The molecule has 2 heteroatoms. The number of hydrogen-bond acceptors (Lipinski definition) is 2. The van der Waals surface area contributed by atoms with Gasteiger partial charge in [-0.05, 0) is 31.1 Å². The van der Waals surface area contributed by atoms with E-state index >= 15 is 0 Å². The van der Waals surface area contributed by atoms with E-state index in [9.17, 15) is 9.90 Å². The van der Waals surface area contributed by atoms with Crippen molar-refractivity contribution in [3.63, 3.8) is 0 Å². The molecule has 68 valence electrons. The van der Waals surface area contributed by atoms with E-state index in [-0.39, 0.29) is 17.1 Å². The topological polar surface area (TPSA) is 37.3 Å². The van der Waals surface area contributed by atoms with Gasteiger partial charge in [-0.1, -0.05) is 13.8 Å². The van der Waals surface area contributed by atoms with E-state index in [4.69, 9.17) is 0 Å². The third kappa shape index (κ3) is 0.764. The average molecular weight is 168 g/mol. The molecule has 0 aromatic heterocycles. The van der Waals surface area contributed by atoms with Gasteiger partial charge < -0.3 is 5.11 Å². The summed E-state index contributed by atoms with van der Waals surface area (Å²) >= 11 is 0. The first-order chi connectivity index (χ1) is 5.36. The van der Waals surface area contributed by atoms with Crippen molar-refractivity contribution < 1.29 is 9.90 Å². The van der Waals surface area contributed by atoms with Gasteiger partial charge in [0.1, 0.15) is 5.60 Å². The molecule has 0 aliphatic heterocycles. The number of Topliss-reactive ketones (excluding diaryl/α,β-unsaturated/α-hetero) is 1. The smallest absolute Gasteiger partial charge is 0.167 e. The van der Waals surface area contributed by atoms with Crippen molar-refractivity contribution in [2.24, 2.45) is 17.3 Å². The fourth-order valence-electron chi connectivity index (χ4n) is 2.76. The Morgan fingerprint density at radius 2 is 2.00 bits per heavy atom. The van der Waals surface area contributed by atoms with Crippen molar-refractivity contribution in [1.29, 1.82) is 0 Å². The molecular formula is C10H16O2. The summed E-state index contributed by atoms with van der Waals surface area (Å²) in [5, 5.41) is 9.73. The van der Waals surface area contributed by atoms with Crippen LogP contribution < -0.4 is 0 Å². The van der Waals surface area contributed by atoms with Crippen LogP contribution in [0.4, 0.5) is 0 Å². The summed E-state index contributed by atoms with van der Waals surface area (Å²) in [4.78, 5) is 11.7. The number of ketones is 1. The van der Waals surface area contributed by atoms with Crippen molar-refractivity contribution in [2.45, 2.75) is 39.2 Å². The average Bonchev–Trinajstić information content (AvgIpc) is 1.93. The summed E-state index contributed by atoms with van der Waals surface area (Å²) in [6.07, 6.45) is 1.66. The Morgan fingerprint density at radius 3 is 2.33 bits per heavy atom. The lowest BCUT2D eigenvalue weighted by Gasteiger charge is -2.59. The zero-order valence-corrected chi connectivity index (χ0v) is 7.92. The second-order valence-corrected chi connectivity index (χ2v) is 5.15. The van der Waals surface area contributed by atoms with Crippen LogP contribution in [-0.2, 0) is 4.79 Å². The Labute approximate surface area is 73.0 Å². The molecular weight excluding hydrogens is 152 g/mol. The van der Waals surface area contributed by atoms with Gasteiger partial charge in [-0.25, -0.2) is 0 Å². The fourth-order valence-corrected chi connectivity index (χ4v) is 2.76. The van der Waals surface area contributed by atoms with Gasteiger partial charge >= 0.3 is 0 Å². The molecule has 0 spiro atoms. The highest BCUT2D eigenvalue weighted by atomic mass is 16.3. The maximum absolute atomic E-state index is 11.7. The second kappa shape index (κ2) is 1.92. The minimum absolute atomic E-state index is 0.0648. The molecule has 0 saturated heterocycles. The van der Waals surface area contributed by atoms with Crippen LogP contribution >= 0.6 is 0 Å². The van der Waals surface area contributed by atoms with Crippen LogP contribution in [0.3, 0.4) is 0 Å². The Balaban J connectivity index is 2.29. The van der Waals surface area contributed by atoms with Crippen LogP contribution in [0, 0.1) is 17.3 Å². The Morgan fingerprint density at radius 1 is 1.42 bits per heavy atom. The monoisotopic (exact) mass is 168 g/mol. The van der Waals surface area contributed by atoms with Crippen molar-refractivity contribution in [3.8, 4) is 0 Å². The lowest BCUT2D eigenvalue weighted by molar-refractivity contribution is -0.180. The Bertz CT molecular complexity index is 240. The summed E-state index contributed by atoms with van der Waals surface area (Å²) in [6.45, 7) is 5.93. The van der Waals surface area contributed by atoms with Crippen molar-refractivity contribution in [1.82, 2.24) is 0 Å². The van der Waals surface area contributed by atoms with E-state index in [1.165, 1.54) is 0 Å². The second-order valence-electron chi connectivity index (χ2n) is 5.15. The molecule has 3 rings (SSSR count). The Hall–Kier alpha value is -0.370. The van der Waals surface area contributed by atoms with Crippen LogP contribution in [0.5, 0.6) is 0 Å². The van der Waals surface area contributed by atoms with E-state index in [2.05, 4.69) is 13.8 Å². The molecule has 0 aromatic carbocycles. The molecule has 1 N–H and O–H groups in total. The molecule has 0 unspecified atom stereocenters. The van der Waals surface area contributed by atoms with Gasteiger partial charge in [-0.2, -0.15) is 0 Å².